The molecule has 0 bridgehead atoms. The van der Waals surface area contributed by atoms with Crippen molar-refractivity contribution in [3.63, 3.8) is 0 Å². The first-order chi connectivity index (χ1) is 8.15. The second-order valence-electron chi connectivity index (χ2n) is 3.39. The molecule has 0 radical (unpaired) electrons. The van der Waals surface area contributed by atoms with Crippen molar-refractivity contribution < 1.29 is 14.3 Å². The summed E-state index contributed by atoms with van der Waals surface area (Å²) >= 11 is 0. The second kappa shape index (κ2) is 5.87. The topological polar surface area (TPSA) is 85.3 Å². The molecular weight excluding hydrogens is 220 g/mol. The van der Waals surface area contributed by atoms with Crippen LogP contribution in [0.5, 0.6) is 5.75 Å². The van der Waals surface area contributed by atoms with Gasteiger partial charge >= 0.3 is 5.97 Å². The fourth-order valence-electron chi connectivity index (χ4n) is 1.50. The molecule has 1 aromatic rings. The van der Waals surface area contributed by atoms with Crippen molar-refractivity contribution in [1.29, 1.82) is 5.26 Å². The summed E-state index contributed by atoms with van der Waals surface area (Å²) < 4.78 is 9.69. The summed E-state index contributed by atoms with van der Waals surface area (Å²) in [5.74, 6) is 0.160. The lowest BCUT2D eigenvalue weighted by molar-refractivity contribution is -0.139. The SMILES string of the molecule is COC(=O)Cc1cc(CN)c(OC)cc1C#N. The van der Waals surface area contributed by atoms with Gasteiger partial charge in [0.2, 0.25) is 0 Å². The van der Waals surface area contributed by atoms with E-state index in [4.69, 9.17) is 15.7 Å². The summed E-state index contributed by atoms with van der Waals surface area (Å²) in [6, 6.07) is 5.31. The number of hydrogen-bond acceptors (Lipinski definition) is 5. The normalized spacial score (nSPS) is 9.53. The van der Waals surface area contributed by atoms with Gasteiger partial charge in [-0.15, -0.1) is 0 Å². The van der Waals surface area contributed by atoms with Crippen molar-refractivity contribution in [2.24, 2.45) is 5.73 Å². The van der Waals surface area contributed by atoms with Gasteiger partial charge in [-0.2, -0.15) is 5.26 Å². The highest BCUT2D eigenvalue weighted by Gasteiger charge is 2.12. The molecule has 0 aliphatic heterocycles. The summed E-state index contributed by atoms with van der Waals surface area (Å²) in [5, 5.41) is 9.00. The highest BCUT2D eigenvalue weighted by Crippen LogP contribution is 2.23. The average Bonchev–Trinajstić information content (AvgIpc) is 2.37. The molecule has 0 unspecified atom stereocenters. The van der Waals surface area contributed by atoms with Gasteiger partial charge in [0.1, 0.15) is 5.75 Å². The Morgan fingerprint density at radius 3 is 2.59 bits per heavy atom. The highest BCUT2D eigenvalue weighted by atomic mass is 16.5. The van der Waals surface area contributed by atoms with E-state index in [-0.39, 0.29) is 13.0 Å². The predicted octanol–water partition coefficient (Wildman–Crippen LogP) is 0.741. The predicted molar refractivity (Wildman–Crippen MR) is 61.3 cm³/mol. The first-order valence-electron chi connectivity index (χ1n) is 5.03. The Morgan fingerprint density at radius 1 is 1.41 bits per heavy atom. The standard InChI is InChI=1S/C12H14N2O3/c1-16-11-4-9(6-13)8(3-10(11)7-14)5-12(15)17-2/h3-4H,5,7,14H2,1-2H3. The molecule has 17 heavy (non-hydrogen) atoms. The molecule has 0 aliphatic carbocycles. The molecule has 0 fully saturated rings. The maximum atomic E-state index is 11.2. The fraction of sp³-hybridized carbons (Fsp3) is 0.333. The molecule has 0 amide bonds. The van der Waals surface area contributed by atoms with Gasteiger partial charge in [0.05, 0.1) is 32.3 Å². The third kappa shape index (κ3) is 2.95. The number of benzene rings is 1. The van der Waals surface area contributed by atoms with Crippen LogP contribution in [0.1, 0.15) is 16.7 Å². The van der Waals surface area contributed by atoms with E-state index in [1.54, 1.807) is 12.1 Å². The third-order valence-electron chi connectivity index (χ3n) is 2.41. The lowest BCUT2D eigenvalue weighted by Crippen LogP contribution is -2.08. The smallest absolute Gasteiger partial charge is 0.310 e. The minimum absolute atomic E-state index is 0.0520. The van der Waals surface area contributed by atoms with Crippen molar-refractivity contribution >= 4 is 5.97 Å². The maximum absolute atomic E-state index is 11.2. The Bertz CT molecular complexity index is 464. The van der Waals surface area contributed by atoms with Crippen LogP contribution in [0.15, 0.2) is 12.1 Å². The molecule has 0 heterocycles. The van der Waals surface area contributed by atoms with Gasteiger partial charge < -0.3 is 15.2 Å². The van der Waals surface area contributed by atoms with Crippen LogP contribution in [0.2, 0.25) is 0 Å². The van der Waals surface area contributed by atoms with E-state index >= 15 is 0 Å². The number of esters is 1. The van der Waals surface area contributed by atoms with Crippen molar-refractivity contribution in [2.45, 2.75) is 13.0 Å². The van der Waals surface area contributed by atoms with Gasteiger partial charge in [-0.05, 0) is 17.7 Å². The van der Waals surface area contributed by atoms with Crippen LogP contribution in [0.25, 0.3) is 0 Å². The van der Waals surface area contributed by atoms with E-state index in [0.29, 0.717) is 16.9 Å². The van der Waals surface area contributed by atoms with E-state index < -0.39 is 5.97 Å². The quantitative estimate of drug-likeness (QED) is 0.776. The molecule has 1 aromatic carbocycles. The lowest BCUT2D eigenvalue weighted by atomic mass is 10.0. The summed E-state index contributed by atoms with van der Waals surface area (Å²) in [4.78, 5) is 11.2. The van der Waals surface area contributed by atoms with Crippen LogP contribution in [-0.4, -0.2) is 20.2 Å². The summed E-state index contributed by atoms with van der Waals surface area (Å²) in [6.45, 7) is 0.281. The molecule has 5 heteroatoms. The molecule has 1 rings (SSSR count). The number of methoxy groups -OCH3 is 2. The fourth-order valence-corrected chi connectivity index (χ4v) is 1.50. The van der Waals surface area contributed by atoms with E-state index in [1.165, 1.54) is 14.2 Å². The van der Waals surface area contributed by atoms with E-state index in [9.17, 15) is 4.79 Å². The van der Waals surface area contributed by atoms with E-state index in [2.05, 4.69) is 4.74 Å². The van der Waals surface area contributed by atoms with Crippen LogP contribution in [0, 0.1) is 11.3 Å². The molecule has 0 aromatic heterocycles. The van der Waals surface area contributed by atoms with Crippen LogP contribution in [0.4, 0.5) is 0 Å². The molecule has 0 saturated carbocycles. The third-order valence-corrected chi connectivity index (χ3v) is 2.41. The van der Waals surface area contributed by atoms with Crippen LogP contribution >= 0.6 is 0 Å². The van der Waals surface area contributed by atoms with Gasteiger partial charge in [-0.1, -0.05) is 0 Å². The molecule has 90 valence electrons. The van der Waals surface area contributed by atoms with E-state index in [1.807, 2.05) is 6.07 Å². The number of nitriles is 1. The zero-order valence-corrected chi connectivity index (χ0v) is 9.82. The Hall–Kier alpha value is -2.06. The van der Waals surface area contributed by atoms with Gasteiger partial charge in [-0.25, -0.2) is 0 Å². The number of nitrogens with zero attached hydrogens (tertiary/aromatic N) is 1. The van der Waals surface area contributed by atoms with Crippen LogP contribution in [-0.2, 0) is 22.5 Å². The molecule has 0 aliphatic rings. The molecule has 0 saturated heterocycles. The molecule has 0 spiro atoms. The van der Waals surface area contributed by atoms with Gasteiger partial charge in [0, 0.05) is 12.1 Å². The number of nitrogens with two attached hydrogens (primary N) is 1. The minimum Gasteiger partial charge on any atom is -0.496 e. The number of rotatable bonds is 4. The van der Waals surface area contributed by atoms with Crippen molar-refractivity contribution in [3.8, 4) is 11.8 Å². The van der Waals surface area contributed by atoms with Crippen molar-refractivity contribution in [2.75, 3.05) is 14.2 Å². The minimum atomic E-state index is -0.394. The van der Waals surface area contributed by atoms with Crippen LogP contribution in [0.3, 0.4) is 0 Å². The largest absolute Gasteiger partial charge is 0.496 e. The molecular formula is C12H14N2O3. The maximum Gasteiger partial charge on any atom is 0.310 e. The summed E-state index contributed by atoms with van der Waals surface area (Å²) in [5.41, 5.74) is 7.32. The monoisotopic (exact) mass is 234 g/mol. The summed E-state index contributed by atoms with van der Waals surface area (Å²) in [7, 11) is 2.82. The Morgan fingerprint density at radius 2 is 2.12 bits per heavy atom. The molecule has 5 nitrogen and oxygen atoms in total. The molecule has 0 atom stereocenters. The number of hydrogen-bond donors (Lipinski definition) is 1. The summed E-state index contributed by atoms with van der Waals surface area (Å²) in [6.07, 6.45) is 0.0520. The van der Waals surface area contributed by atoms with Crippen LogP contribution < -0.4 is 10.5 Å². The first-order valence-corrected chi connectivity index (χ1v) is 5.03. The average molecular weight is 234 g/mol. The Kier molecular flexibility index (Phi) is 4.49. The zero-order valence-electron chi connectivity index (χ0n) is 9.82. The first kappa shape index (κ1) is 13.0. The second-order valence-corrected chi connectivity index (χ2v) is 3.39. The Labute approximate surface area is 99.7 Å². The van der Waals surface area contributed by atoms with Gasteiger partial charge in [-0.3, -0.25) is 4.79 Å². The van der Waals surface area contributed by atoms with Crippen molar-refractivity contribution in [3.05, 3.63) is 28.8 Å². The number of carbonyl (C=O) groups excluding carboxylic acids is 1. The number of carbonyl (C=O) groups is 1. The highest BCUT2D eigenvalue weighted by molar-refractivity contribution is 5.73. The van der Waals surface area contributed by atoms with Gasteiger partial charge in [0.25, 0.3) is 0 Å². The van der Waals surface area contributed by atoms with E-state index in [0.717, 1.165) is 5.56 Å². The van der Waals surface area contributed by atoms with Gasteiger partial charge in [0.15, 0.2) is 0 Å². The lowest BCUT2D eigenvalue weighted by Gasteiger charge is -2.10. The Balaban J connectivity index is 3.20. The zero-order chi connectivity index (χ0) is 12.8. The van der Waals surface area contributed by atoms with Crippen molar-refractivity contribution in [1.82, 2.24) is 0 Å². The number of ether oxygens (including phenoxy) is 2. The molecule has 2 N–H and O–H groups in total.